The van der Waals surface area contributed by atoms with Crippen LogP contribution in [-0.4, -0.2) is 68.1 Å². The summed E-state index contributed by atoms with van der Waals surface area (Å²) in [4.78, 5) is 35.7. The Morgan fingerprint density at radius 2 is 1.44 bits per heavy atom. The minimum atomic E-state index is -1.28. The van der Waals surface area contributed by atoms with Crippen LogP contribution in [0.4, 0.5) is 25.8 Å². The van der Waals surface area contributed by atoms with Gasteiger partial charge in [-0.05, 0) is 124 Å². The molecule has 3 aliphatic rings. The van der Waals surface area contributed by atoms with Crippen LogP contribution in [0, 0.1) is 28.9 Å². The number of nitrogens with one attached hydrogen (secondary N) is 2. The van der Waals surface area contributed by atoms with Crippen LogP contribution in [0.5, 0.6) is 23.0 Å². The van der Waals surface area contributed by atoms with E-state index in [-0.39, 0.29) is 11.4 Å². The molecule has 2 saturated heterocycles. The lowest BCUT2D eigenvalue weighted by Gasteiger charge is -2.38. The highest BCUT2D eigenvalue weighted by molar-refractivity contribution is 6.16. The average Bonchev–Trinajstić information content (AvgIpc) is 4.06. The van der Waals surface area contributed by atoms with Crippen LogP contribution in [-0.2, 0) is 9.59 Å². The van der Waals surface area contributed by atoms with E-state index in [0.29, 0.717) is 59.2 Å². The molecule has 0 radical (unpaired) electrons. The average molecular weight is 776 g/mol. The standard InChI is InChI=1S/C45H47F2N5O5/c1-55-41-26-36-38(27-42(41)56-29-31-14-21-51(22-15-31)28-30-16-23-52(24-17-30)35-5-3-2-4-6-35)48-20-13-39(36)57-40-12-11-34(25-37(40)47)50-44(54)45(18-19-45)43(53)49-33-9-7-32(46)8-10-33/h2-13,20,25-27,30-31H,14-19,21-24,28-29H2,1H3,(H,49,53)(H,50,54). The Labute approximate surface area is 331 Å². The molecule has 1 aromatic heterocycles. The van der Waals surface area contributed by atoms with Crippen LogP contribution in [0.3, 0.4) is 0 Å². The summed E-state index contributed by atoms with van der Waals surface area (Å²) in [7, 11) is 1.58. The lowest BCUT2D eigenvalue weighted by molar-refractivity contribution is -0.131. The van der Waals surface area contributed by atoms with Gasteiger partial charge in [-0.1, -0.05) is 18.2 Å². The third-order valence-electron chi connectivity index (χ3n) is 11.6. The van der Waals surface area contributed by atoms with Crippen molar-refractivity contribution in [2.45, 2.75) is 38.5 Å². The molecule has 0 spiro atoms. The molecule has 4 aromatic carbocycles. The van der Waals surface area contributed by atoms with Crippen molar-refractivity contribution in [1.82, 2.24) is 9.88 Å². The molecule has 2 aliphatic heterocycles. The molecular weight excluding hydrogens is 729 g/mol. The number of piperidine rings is 2. The van der Waals surface area contributed by atoms with E-state index >= 15 is 4.39 Å². The van der Waals surface area contributed by atoms with Crippen LogP contribution >= 0.6 is 0 Å². The summed E-state index contributed by atoms with van der Waals surface area (Å²) in [5.74, 6) is 0.423. The van der Waals surface area contributed by atoms with Gasteiger partial charge >= 0.3 is 0 Å². The number of anilines is 3. The maximum atomic E-state index is 15.4. The number of methoxy groups -OCH3 is 1. The van der Waals surface area contributed by atoms with Gasteiger partial charge in [0.15, 0.2) is 23.1 Å². The van der Waals surface area contributed by atoms with Gasteiger partial charge in [-0.15, -0.1) is 0 Å². The lowest BCUT2D eigenvalue weighted by atomic mass is 9.93. The Kier molecular flexibility index (Phi) is 11.2. The van der Waals surface area contributed by atoms with Crippen molar-refractivity contribution in [3.05, 3.63) is 109 Å². The Balaban J connectivity index is 0.840. The number of rotatable bonds is 13. The van der Waals surface area contributed by atoms with E-state index in [1.807, 2.05) is 6.07 Å². The normalized spacial score (nSPS) is 17.2. The number of aromatic nitrogens is 1. The molecule has 12 heteroatoms. The van der Waals surface area contributed by atoms with E-state index < -0.39 is 28.9 Å². The van der Waals surface area contributed by atoms with Crippen molar-refractivity contribution in [3.63, 3.8) is 0 Å². The number of nitrogens with zero attached hydrogens (tertiary/aromatic N) is 3. The molecule has 296 valence electrons. The quantitative estimate of drug-likeness (QED) is 0.115. The number of pyridine rings is 1. The van der Waals surface area contributed by atoms with Crippen LogP contribution < -0.4 is 29.7 Å². The molecule has 0 bridgehead atoms. The van der Waals surface area contributed by atoms with Crippen LogP contribution in [0.2, 0.25) is 0 Å². The number of benzene rings is 4. The lowest BCUT2D eigenvalue weighted by Crippen LogP contribution is -2.42. The van der Waals surface area contributed by atoms with Crippen LogP contribution in [0.15, 0.2) is 97.2 Å². The van der Waals surface area contributed by atoms with Gasteiger partial charge in [-0.25, -0.2) is 8.78 Å². The first-order chi connectivity index (χ1) is 27.8. The van der Waals surface area contributed by atoms with Crippen LogP contribution in [0.1, 0.15) is 38.5 Å². The Bertz CT molecular complexity index is 2200. The molecular formula is C45H47F2N5O5. The van der Waals surface area contributed by atoms with Gasteiger partial charge in [-0.2, -0.15) is 0 Å². The number of hydrogen-bond donors (Lipinski definition) is 2. The first kappa shape index (κ1) is 38.1. The second-order valence-electron chi connectivity index (χ2n) is 15.4. The topological polar surface area (TPSA) is 105 Å². The van der Waals surface area contributed by atoms with Gasteiger partial charge < -0.3 is 34.6 Å². The van der Waals surface area contributed by atoms with Gasteiger partial charge in [0.2, 0.25) is 11.8 Å². The maximum absolute atomic E-state index is 15.4. The second-order valence-corrected chi connectivity index (χ2v) is 15.4. The van der Waals surface area contributed by atoms with Gasteiger partial charge in [0, 0.05) is 60.4 Å². The van der Waals surface area contributed by atoms with E-state index in [1.165, 1.54) is 54.9 Å². The molecule has 0 unspecified atom stereocenters. The third-order valence-corrected chi connectivity index (χ3v) is 11.6. The largest absolute Gasteiger partial charge is 0.493 e. The Hall–Kier alpha value is -5.75. The third kappa shape index (κ3) is 8.81. The van der Waals surface area contributed by atoms with E-state index in [1.54, 1.807) is 25.4 Å². The molecule has 1 saturated carbocycles. The van der Waals surface area contributed by atoms with E-state index in [0.717, 1.165) is 57.5 Å². The fraction of sp³-hybridized carbons (Fsp3) is 0.356. The summed E-state index contributed by atoms with van der Waals surface area (Å²) >= 11 is 0. The molecule has 8 rings (SSSR count). The first-order valence-corrected chi connectivity index (χ1v) is 19.7. The number of para-hydroxylation sites is 1. The minimum Gasteiger partial charge on any atom is -0.493 e. The highest BCUT2D eigenvalue weighted by Crippen LogP contribution is 2.48. The molecule has 3 fully saturated rings. The number of amides is 2. The van der Waals surface area contributed by atoms with Crippen molar-refractivity contribution >= 4 is 39.8 Å². The SMILES string of the molecule is COc1cc2c(Oc3ccc(NC(=O)C4(C(=O)Nc5ccc(F)cc5)CC4)cc3F)ccnc2cc1OCC1CCN(CC2CCN(c3ccccc3)CC2)CC1. The highest BCUT2D eigenvalue weighted by Gasteiger charge is 2.56. The van der Waals surface area contributed by atoms with Crippen molar-refractivity contribution in [2.24, 2.45) is 17.3 Å². The number of fused-ring (bicyclic) bond motifs is 1. The molecule has 10 nitrogen and oxygen atoms in total. The minimum absolute atomic E-state index is 0.0565. The maximum Gasteiger partial charge on any atom is 0.240 e. The number of likely N-dealkylation sites (tertiary alicyclic amines) is 1. The Morgan fingerprint density at radius 3 is 2.12 bits per heavy atom. The van der Waals surface area contributed by atoms with E-state index in [4.69, 9.17) is 14.2 Å². The number of hydrogen-bond acceptors (Lipinski definition) is 8. The number of carbonyl (C=O) groups is 2. The molecule has 57 heavy (non-hydrogen) atoms. The van der Waals surface area contributed by atoms with Crippen LogP contribution in [0.25, 0.3) is 10.9 Å². The second kappa shape index (κ2) is 16.8. The van der Waals surface area contributed by atoms with Crippen molar-refractivity contribution < 1.29 is 32.6 Å². The van der Waals surface area contributed by atoms with Gasteiger partial charge in [0.05, 0.1) is 19.2 Å². The number of halogens is 2. The highest BCUT2D eigenvalue weighted by atomic mass is 19.1. The molecule has 2 amide bonds. The first-order valence-electron chi connectivity index (χ1n) is 19.7. The van der Waals surface area contributed by atoms with Crippen molar-refractivity contribution in [3.8, 4) is 23.0 Å². The Morgan fingerprint density at radius 1 is 0.754 bits per heavy atom. The smallest absolute Gasteiger partial charge is 0.240 e. The summed E-state index contributed by atoms with van der Waals surface area (Å²) in [6.45, 7) is 6.13. The summed E-state index contributed by atoms with van der Waals surface area (Å²) in [6, 6.07) is 25.3. The predicted molar refractivity (Wildman–Crippen MR) is 216 cm³/mol. The van der Waals surface area contributed by atoms with Gasteiger partial charge in [-0.3, -0.25) is 14.6 Å². The number of ether oxygens (including phenoxy) is 3. The predicted octanol–water partition coefficient (Wildman–Crippen LogP) is 8.68. The fourth-order valence-corrected chi connectivity index (χ4v) is 7.91. The van der Waals surface area contributed by atoms with Gasteiger partial charge in [0.1, 0.15) is 17.0 Å². The summed E-state index contributed by atoms with van der Waals surface area (Å²) in [5.41, 5.74) is 1.21. The zero-order valence-electron chi connectivity index (χ0n) is 32.0. The van der Waals surface area contributed by atoms with E-state index in [9.17, 15) is 14.0 Å². The molecule has 1 aliphatic carbocycles. The zero-order chi connectivity index (χ0) is 39.4. The van der Waals surface area contributed by atoms with E-state index in [2.05, 4.69) is 55.7 Å². The number of carbonyl (C=O) groups excluding carboxylic acids is 2. The van der Waals surface area contributed by atoms with Crippen molar-refractivity contribution in [2.75, 3.05) is 62.0 Å². The zero-order valence-corrected chi connectivity index (χ0v) is 32.0. The monoisotopic (exact) mass is 775 g/mol. The van der Waals surface area contributed by atoms with Crippen molar-refractivity contribution in [1.29, 1.82) is 0 Å². The molecule has 2 N–H and O–H groups in total. The summed E-state index contributed by atoms with van der Waals surface area (Å²) < 4.78 is 46.8. The molecule has 0 atom stereocenters. The fourth-order valence-electron chi connectivity index (χ4n) is 7.91. The molecule has 5 aromatic rings. The van der Waals surface area contributed by atoms with Gasteiger partial charge in [0.25, 0.3) is 0 Å². The summed E-state index contributed by atoms with van der Waals surface area (Å²) in [5, 5.41) is 5.95. The summed E-state index contributed by atoms with van der Waals surface area (Å²) in [6.07, 6.45) is 6.90. The molecule has 3 heterocycles.